The number of amides is 2. The fourth-order valence-corrected chi connectivity index (χ4v) is 6.11. The zero-order valence-electron chi connectivity index (χ0n) is 17.0. The van der Waals surface area contributed by atoms with Gasteiger partial charge in [0, 0.05) is 75.0 Å². The Morgan fingerprint density at radius 2 is 1.17 bits per heavy atom. The Hall–Kier alpha value is -1.88. The minimum atomic E-state index is 0.170. The van der Waals surface area contributed by atoms with E-state index in [0.29, 0.717) is 39.3 Å². The molecule has 2 aromatic heterocycles. The molecule has 10 heteroatoms. The molecule has 30 heavy (non-hydrogen) atoms. The lowest BCUT2D eigenvalue weighted by molar-refractivity contribution is -0.141. The van der Waals surface area contributed by atoms with Gasteiger partial charge in [-0.1, -0.05) is 0 Å². The Morgan fingerprint density at radius 3 is 1.60 bits per heavy atom. The summed E-state index contributed by atoms with van der Waals surface area (Å²) in [7, 11) is 0. The average Bonchev–Trinajstić information content (AvgIpc) is 3.42. The molecule has 3 aliphatic rings. The fraction of sp³-hybridized carbons (Fsp3) is 0.600. The molecule has 5 heterocycles. The molecule has 2 aromatic rings. The van der Waals surface area contributed by atoms with E-state index in [2.05, 4.69) is 19.8 Å². The van der Waals surface area contributed by atoms with Gasteiger partial charge in [0.1, 0.15) is 0 Å². The first kappa shape index (κ1) is 20.0. The van der Waals surface area contributed by atoms with E-state index in [4.69, 9.17) is 0 Å². The number of hydrogen-bond acceptors (Lipinski definition) is 8. The standard InChI is InChI=1S/C20H26N6O2S2/c27-19(11-23-3-1-15-17(9-23)29-13-21-15)25-5-7-26(8-6-25)20(28)12-24-4-2-16-18(10-24)30-14-22-16/h13-14H,1-12H2. The van der Waals surface area contributed by atoms with Crippen molar-refractivity contribution in [3.05, 3.63) is 32.2 Å². The molecule has 0 bridgehead atoms. The third-order valence-electron chi connectivity index (χ3n) is 6.22. The second-order valence-electron chi connectivity index (χ2n) is 8.13. The molecule has 0 radical (unpaired) electrons. The van der Waals surface area contributed by atoms with Crippen molar-refractivity contribution in [2.45, 2.75) is 25.9 Å². The summed E-state index contributed by atoms with van der Waals surface area (Å²) >= 11 is 3.36. The lowest BCUT2D eigenvalue weighted by atomic mass is 10.1. The number of thiazole rings is 2. The van der Waals surface area contributed by atoms with Crippen molar-refractivity contribution < 1.29 is 9.59 Å². The summed E-state index contributed by atoms with van der Waals surface area (Å²) in [6, 6.07) is 0. The maximum atomic E-state index is 12.8. The summed E-state index contributed by atoms with van der Waals surface area (Å²) in [4.78, 5) is 45.1. The monoisotopic (exact) mass is 446 g/mol. The molecule has 3 aliphatic heterocycles. The first-order chi connectivity index (χ1) is 14.7. The van der Waals surface area contributed by atoms with E-state index in [-0.39, 0.29) is 11.8 Å². The number of aromatic nitrogens is 2. The van der Waals surface area contributed by atoms with Gasteiger partial charge in [0.25, 0.3) is 0 Å². The van der Waals surface area contributed by atoms with Crippen LogP contribution in [0, 0.1) is 0 Å². The lowest BCUT2D eigenvalue weighted by Crippen LogP contribution is -2.54. The van der Waals surface area contributed by atoms with Gasteiger partial charge in [-0.2, -0.15) is 0 Å². The van der Waals surface area contributed by atoms with Crippen LogP contribution in [0.2, 0.25) is 0 Å². The van der Waals surface area contributed by atoms with Crippen LogP contribution in [0.3, 0.4) is 0 Å². The topological polar surface area (TPSA) is 72.9 Å². The maximum absolute atomic E-state index is 12.8. The van der Waals surface area contributed by atoms with E-state index in [0.717, 1.165) is 39.0 Å². The van der Waals surface area contributed by atoms with Crippen LogP contribution < -0.4 is 0 Å². The van der Waals surface area contributed by atoms with Crippen LogP contribution in [-0.4, -0.2) is 93.7 Å². The van der Waals surface area contributed by atoms with Crippen LogP contribution in [0.15, 0.2) is 11.0 Å². The van der Waals surface area contributed by atoms with Crippen LogP contribution in [0.25, 0.3) is 0 Å². The normalized spacial score (nSPS) is 20.1. The molecule has 0 spiro atoms. The summed E-state index contributed by atoms with van der Waals surface area (Å²) in [5.41, 5.74) is 6.17. The highest BCUT2D eigenvalue weighted by molar-refractivity contribution is 7.10. The average molecular weight is 447 g/mol. The zero-order valence-corrected chi connectivity index (χ0v) is 18.6. The molecule has 0 unspecified atom stereocenters. The summed E-state index contributed by atoms with van der Waals surface area (Å²) in [6.07, 6.45) is 1.85. The van der Waals surface area contributed by atoms with Crippen molar-refractivity contribution in [3.8, 4) is 0 Å². The Bertz CT molecular complexity index is 846. The van der Waals surface area contributed by atoms with Crippen LogP contribution in [0.5, 0.6) is 0 Å². The summed E-state index contributed by atoms with van der Waals surface area (Å²) in [6.45, 7) is 6.84. The molecule has 0 atom stereocenters. The lowest BCUT2D eigenvalue weighted by Gasteiger charge is -2.37. The smallest absolute Gasteiger partial charge is 0.236 e. The minimum Gasteiger partial charge on any atom is -0.338 e. The van der Waals surface area contributed by atoms with Gasteiger partial charge in [0.05, 0.1) is 35.5 Å². The van der Waals surface area contributed by atoms with Gasteiger partial charge < -0.3 is 9.80 Å². The largest absolute Gasteiger partial charge is 0.338 e. The van der Waals surface area contributed by atoms with Gasteiger partial charge in [-0.05, 0) is 0 Å². The van der Waals surface area contributed by atoms with Crippen molar-refractivity contribution in [1.29, 1.82) is 0 Å². The van der Waals surface area contributed by atoms with Crippen LogP contribution in [0.4, 0.5) is 0 Å². The van der Waals surface area contributed by atoms with Crippen LogP contribution in [0.1, 0.15) is 21.1 Å². The predicted molar refractivity (Wildman–Crippen MR) is 115 cm³/mol. The minimum absolute atomic E-state index is 0.170. The molecular weight excluding hydrogens is 420 g/mol. The molecule has 1 fully saturated rings. The van der Waals surface area contributed by atoms with E-state index in [1.54, 1.807) is 22.7 Å². The van der Waals surface area contributed by atoms with Gasteiger partial charge >= 0.3 is 0 Å². The molecule has 0 N–H and O–H groups in total. The maximum Gasteiger partial charge on any atom is 0.236 e. The van der Waals surface area contributed by atoms with Crippen molar-refractivity contribution >= 4 is 34.5 Å². The number of carbonyl (C=O) groups is 2. The van der Waals surface area contributed by atoms with Gasteiger partial charge in [-0.3, -0.25) is 19.4 Å². The second-order valence-corrected chi connectivity index (χ2v) is 10.0. The van der Waals surface area contributed by atoms with Gasteiger partial charge in [0.2, 0.25) is 11.8 Å². The predicted octanol–water partition coefficient (Wildman–Crippen LogP) is 0.687. The molecular formula is C20H26N6O2S2. The van der Waals surface area contributed by atoms with Crippen molar-refractivity contribution in [3.63, 3.8) is 0 Å². The first-order valence-corrected chi connectivity index (χ1v) is 12.2. The quantitative estimate of drug-likeness (QED) is 0.688. The highest BCUT2D eigenvalue weighted by atomic mass is 32.1. The molecule has 160 valence electrons. The number of rotatable bonds is 4. The van der Waals surface area contributed by atoms with Crippen molar-refractivity contribution in [2.75, 3.05) is 52.4 Å². The van der Waals surface area contributed by atoms with E-state index >= 15 is 0 Å². The highest BCUT2D eigenvalue weighted by Gasteiger charge is 2.28. The number of hydrogen-bond donors (Lipinski definition) is 0. The molecule has 0 aromatic carbocycles. The fourth-order valence-electron chi connectivity index (χ4n) is 4.40. The van der Waals surface area contributed by atoms with E-state index in [9.17, 15) is 9.59 Å². The van der Waals surface area contributed by atoms with Crippen LogP contribution in [-0.2, 0) is 35.5 Å². The van der Waals surface area contributed by atoms with E-state index in [1.165, 1.54) is 21.1 Å². The first-order valence-electron chi connectivity index (χ1n) is 10.5. The van der Waals surface area contributed by atoms with Crippen molar-refractivity contribution in [1.82, 2.24) is 29.6 Å². The summed E-state index contributed by atoms with van der Waals surface area (Å²) in [5.74, 6) is 0.340. The summed E-state index contributed by atoms with van der Waals surface area (Å²) in [5, 5.41) is 0. The number of carbonyl (C=O) groups excluding carboxylic acids is 2. The third kappa shape index (κ3) is 4.27. The molecule has 0 aliphatic carbocycles. The molecule has 2 amide bonds. The molecule has 8 nitrogen and oxygen atoms in total. The van der Waals surface area contributed by atoms with E-state index in [1.807, 2.05) is 20.8 Å². The second kappa shape index (κ2) is 8.70. The van der Waals surface area contributed by atoms with E-state index < -0.39 is 0 Å². The molecule has 1 saturated heterocycles. The SMILES string of the molecule is O=C(CN1CCc2ncsc2C1)N1CCN(C(=O)CN2CCc3ncsc3C2)CC1. The zero-order chi connectivity index (χ0) is 20.5. The Balaban J connectivity index is 1.07. The van der Waals surface area contributed by atoms with Gasteiger partial charge in [-0.15, -0.1) is 22.7 Å². The Labute approximate surface area is 184 Å². The highest BCUT2D eigenvalue weighted by Crippen LogP contribution is 2.22. The molecule has 0 saturated carbocycles. The van der Waals surface area contributed by atoms with Crippen molar-refractivity contribution in [2.24, 2.45) is 0 Å². The number of piperazine rings is 1. The summed E-state index contributed by atoms with van der Waals surface area (Å²) < 4.78 is 0. The molecule has 5 rings (SSSR count). The Morgan fingerprint density at radius 1 is 0.733 bits per heavy atom. The van der Waals surface area contributed by atoms with Gasteiger partial charge in [0.15, 0.2) is 0 Å². The number of fused-ring (bicyclic) bond motifs is 2. The Kier molecular flexibility index (Phi) is 5.81. The van der Waals surface area contributed by atoms with Gasteiger partial charge in [-0.25, -0.2) is 9.97 Å². The third-order valence-corrected chi connectivity index (χ3v) is 7.94. The van der Waals surface area contributed by atoms with Crippen LogP contribution >= 0.6 is 22.7 Å². The number of nitrogens with zero attached hydrogens (tertiary/aromatic N) is 6.